The first-order valence-corrected chi connectivity index (χ1v) is 5.99. The van der Waals surface area contributed by atoms with Gasteiger partial charge in [-0.2, -0.15) is 9.61 Å². The van der Waals surface area contributed by atoms with Crippen LogP contribution in [0.2, 0.25) is 0 Å². The molecule has 3 N–H and O–H groups in total. The Morgan fingerprint density at radius 2 is 2.29 bits per heavy atom. The van der Waals surface area contributed by atoms with Crippen LogP contribution in [-0.4, -0.2) is 44.2 Å². The van der Waals surface area contributed by atoms with Gasteiger partial charge in [-0.1, -0.05) is 11.3 Å². The summed E-state index contributed by atoms with van der Waals surface area (Å²) >= 11 is 1.39. The molecular formula is C9H15N5O2S. The van der Waals surface area contributed by atoms with Crippen molar-refractivity contribution >= 4 is 16.3 Å². The van der Waals surface area contributed by atoms with Crippen molar-refractivity contribution in [2.75, 3.05) is 13.7 Å². The minimum absolute atomic E-state index is 0.193. The lowest BCUT2D eigenvalue weighted by Gasteiger charge is -2.18. The summed E-state index contributed by atoms with van der Waals surface area (Å²) in [5.41, 5.74) is 4.53. The first-order valence-electron chi connectivity index (χ1n) is 5.17. The van der Waals surface area contributed by atoms with E-state index in [4.69, 9.17) is 10.5 Å². The number of fused-ring (bicyclic) bond motifs is 1. The minimum Gasteiger partial charge on any atom is -0.388 e. The van der Waals surface area contributed by atoms with Gasteiger partial charge < -0.3 is 15.6 Å². The van der Waals surface area contributed by atoms with Gasteiger partial charge in [-0.15, -0.1) is 10.2 Å². The van der Waals surface area contributed by atoms with E-state index in [0.717, 1.165) is 5.01 Å². The third-order valence-corrected chi connectivity index (χ3v) is 3.24. The third kappa shape index (κ3) is 2.60. The zero-order chi connectivity index (χ0) is 12.5. The van der Waals surface area contributed by atoms with Crippen molar-refractivity contribution in [3.63, 3.8) is 0 Å². The average molecular weight is 257 g/mol. The predicted molar refractivity (Wildman–Crippen MR) is 62.8 cm³/mol. The molecule has 0 fully saturated rings. The lowest BCUT2D eigenvalue weighted by Crippen LogP contribution is -2.36. The summed E-state index contributed by atoms with van der Waals surface area (Å²) in [7, 11) is 1.59. The van der Waals surface area contributed by atoms with Crippen LogP contribution in [0.3, 0.4) is 0 Å². The highest BCUT2D eigenvalue weighted by atomic mass is 32.1. The SMILES string of the molecule is COCc1nnc2sc(CC(C)(O)CN)nn12. The number of nitrogens with zero attached hydrogens (tertiary/aromatic N) is 4. The van der Waals surface area contributed by atoms with Gasteiger partial charge in [-0.25, -0.2) is 0 Å². The third-order valence-electron chi connectivity index (χ3n) is 2.34. The number of ether oxygens (including phenoxy) is 1. The Morgan fingerprint density at radius 3 is 2.94 bits per heavy atom. The molecule has 8 heteroatoms. The quantitative estimate of drug-likeness (QED) is 0.755. The van der Waals surface area contributed by atoms with Crippen molar-refractivity contribution in [3.8, 4) is 0 Å². The molecule has 7 nitrogen and oxygen atoms in total. The largest absolute Gasteiger partial charge is 0.388 e. The second kappa shape index (κ2) is 4.65. The van der Waals surface area contributed by atoms with Crippen molar-refractivity contribution in [1.82, 2.24) is 19.8 Å². The van der Waals surface area contributed by atoms with E-state index >= 15 is 0 Å². The van der Waals surface area contributed by atoms with Crippen LogP contribution in [0.5, 0.6) is 0 Å². The summed E-state index contributed by atoms with van der Waals surface area (Å²) < 4.78 is 6.63. The number of nitrogens with two attached hydrogens (primary N) is 1. The first kappa shape index (κ1) is 12.4. The van der Waals surface area contributed by atoms with Gasteiger partial charge in [0.1, 0.15) is 11.6 Å². The highest BCUT2D eigenvalue weighted by molar-refractivity contribution is 7.16. The van der Waals surface area contributed by atoms with Gasteiger partial charge in [-0.3, -0.25) is 0 Å². The van der Waals surface area contributed by atoms with Crippen LogP contribution in [0.1, 0.15) is 17.8 Å². The molecule has 1 unspecified atom stereocenters. The molecule has 0 aliphatic heterocycles. The van der Waals surface area contributed by atoms with Crippen molar-refractivity contribution in [2.45, 2.75) is 25.6 Å². The van der Waals surface area contributed by atoms with Gasteiger partial charge in [0, 0.05) is 20.1 Å². The number of aliphatic hydroxyl groups is 1. The molecule has 0 radical (unpaired) electrons. The Balaban J connectivity index is 2.26. The fraction of sp³-hybridized carbons (Fsp3) is 0.667. The normalized spacial score (nSPS) is 15.3. The maximum Gasteiger partial charge on any atom is 0.234 e. The number of aromatic nitrogens is 4. The molecule has 2 aromatic rings. The molecule has 0 saturated heterocycles. The molecule has 0 aromatic carbocycles. The summed E-state index contributed by atoms with van der Waals surface area (Å²) in [5, 5.41) is 22.9. The zero-order valence-electron chi connectivity index (χ0n) is 9.75. The van der Waals surface area contributed by atoms with E-state index in [1.807, 2.05) is 0 Å². The Kier molecular flexibility index (Phi) is 3.38. The molecule has 0 aliphatic rings. The van der Waals surface area contributed by atoms with E-state index in [0.29, 0.717) is 23.8 Å². The minimum atomic E-state index is -0.940. The Bertz CT molecular complexity index is 506. The second-order valence-electron chi connectivity index (χ2n) is 4.12. The fourth-order valence-electron chi connectivity index (χ4n) is 1.39. The van der Waals surface area contributed by atoms with Crippen LogP contribution in [0, 0.1) is 0 Å². The predicted octanol–water partition coefficient (Wildman–Crippen LogP) is -0.416. The second-order valence-corrected chi connectivity index (χ2v) is 5.16. The van der Waals surface area contributed by atoms with E-state index in [2.05, 4.69) is 15.3 Å². The van der Waals surface area contributed by atoms with Gasteiger partial charge in [0.05, 0.1) is 5.60 Å². The van der Waals surface area contributed by atoms with Gasteiger partial charge >= 0.3 is 0 Å². The fourth-order valence-corrected chi connectivity index (χ4v) is 2.42. The molecule has 0 aliphatic carbocycles. The van der Waals surface area contributed by atoms with Gasteiger partial charge in [0.2, 0.25) is 4.96 Å². The molecule has 17 heavy (non-hydrogen) atoms. The molecular weight excluding hydrogens is 242 g/mol. The van der Waals surface area contributed by atoms with E-state index in [-0.39, 0.29) is 6.54 Å². The highest BCUT2D eigenvalue weighted by Crippen LogP contribution is 2.19. The monoisotopic (exact) mass is 257 g/mol. The molecule has 2 aromatic heterocycles. The lowest BCUT2D eigenvalue weighted by atomic mass is 10.0. The summed E-state index contributed by atoms with van der Waals surface area (Å²) in [6.45, 7) is 2.24. The molecule has 2 heterocycles. The Morgan fingerprint density at radius 1 is 1.53 bits per heavy atom. The molecule has 0 amide bonds. The first-order chi connectivity index (χ1) is 8.05. The van der Waals surface area contributed by atoms with Crippen LogP contribution in [0.4, 0.5) is 0 Å². The van der Waals surface area contributed by atoms with Crippen LogP contribution < -0.4 is 5.73 Å². The van der Waals surface area contributed by atoms with E-state index in [9.17, 15) is 5.11 Å². The molecule has 94 valence electrons. The molecule has 2 rings (SSSR count). The van der Waals surface area contributed by atoms with Gasteiger partial charge in [-0.05, 0) is 6.92 Å². The Labute approximate surface area is 102 Å². The lowest BCUT2D eigenvalue weighted by molar-refractivity contribution is 0.0693. The van der Waals surface area contributed by atoms with Crippen molar-refractivity contribution in [3.05, 3.63) is 10.8 Å². The molecule has 0 spiro atoms. The average Bonchev–Trinajstić information content (AvgIpc) is 2.80. The maximum absolute atomic E-state index is 9.88. The van der Waals surface area contributed by atoms with Crippen LogP contribution in [-0.2, 0) is 17.8 Å². The summed E-state index contributed by atoms with van der Waals surface area (Å²) in [6, 6.07) is 0. The number of hydrogen-bond acceptors (Lipinski definition) is 7. The number of hydrogen-bond donors (Lipinski definition) is 2. The zero-order valence-corrected chi connectivity index (χ0v) is 10.6. The van der Waals surface area contributed by atoms with Crippen LogP contribution >= 0.6 is 11.3 Å². The summed E-state index contributed by atoms with van der Waals surface area (Å²) in [4.78, 5) is 0.694. The van der Waals surface area contributed by atoms with Crippen LogP contribution in [0.15, 0.2) is 0 Å². The van der Waals surface area contributed by atoms with Crippen molar-refractivity contribution in [2.24, 2.45) is 5.73 Å². The Hall–Kier alpha value is -1.09. The molecule has 0 saturated carbocycles. The number of methoxy groups -OCH3 is 1. The maximum atomic E-state index is 9.88. The summed E-state index contributed by atoms with van der Waals surface area (Å²) in [5.74, 6) is 0.650. The smallest absolute Gasteiger partial charge is 0.234 e. The molecule has 1 atom stereocenters. The van der Waals surface area contributed by atoms with Gasteiger partial charge in [0.25, 0.3) is 0 Å². The standard InChI is InChI=1S/C9H15N5O2S/c1-9(15,5-10)3-7-13-14-6(4-16-2)11-12-8(14)17-7/h15H,3-5,10H2,1-2H3. The molecule has 0 bridgehead atoms. The summed E-state index contributed by atoms with van der Waals surface area (Å²) in [6.07, 6.45) is 0.407. The van der Waals surface area contributed by atoms with Crippen LogP contribution in [0.25, 0.3) is 4.96 Å². The van der Waals surface area contributed by atoms with Crippen molar-refractivity contribution in [1.29, 1.82) is 0 Å². The highest BCUT2D eigenvalue weighted by Gasteiger charge is 2.22. The van der Waals surface area contributed by atoms with E-state index < -0.39 is 5.60 Å². The van der Waals surface area contributed by atoms with E-state index in [1.165, 1.54) is 11.3 Å². The van der Waals surface area contributed by atoms with E-state index in [1.54, 1.807) is 18.5 Å². The topological polar surface area (TPSA) is 98.6 Å². The van der Waals surface area contributed by atoms with Crippen molar-refractivity contribution < 1.29 is 9.84 Å². The van der Waals surface area contributed by atoms with Gasteiger partial charge in [0.15, 0.2) is 5.82 Å². The number of rotatable bonds is 5.